The van der Waals surface area contributed by atoms with Crippen molar-refractivity contribution in [2.24, 2.45) is 5.10 Å². The summed E-state index contributed by atoms with van der Waals surface area (Å²) in [6.45, 7) is 4.34. The fourth-order valence-electron chi connectivity index (χ4n) is 2.63. The zero-order valence-corrected chi connectivity index (χ0v) is 15.1. The van der Waals surface area contributed by atoms with Crippen LogP contribution in [0.25, 0.3) is 0 Å². The summed E-state index contributed by atoms with van der Waals surface area (Å²) in [6, 6.07) is 5.03. The van der Waals surface area contributed by atoms with Crippen LogP contribution in [0.3, 0.4) is 0 Å². The van der Waals surface area contributed by atoms with Crippen molar-refractivity contribution in [3.05, 3.63) is 29.3 Å². The molecule has 2 rings (SSSR count). The van der Waals surface area contributed by atoms with Gasteiger partial charge in [0.1, 0.15) is 11.5 Å². The third-order valence-corrected chi connectivity index (χ3v) is 4.14. The fourth-order valence-corrected chi connectivity index (χ4v) is 2.63. The first-order chi connectivity index (χ1) is 12.7. The number of hydrogen-bond acceptors (Lipinski definition) is 4. The topological polar surface area (TPSA) is 62.1 Å². The van der Waals surface area contributed by atoms with Crippen molar-refractivity contribution < 1.29 is 41.0 Å². The lowest BCUT2D eigenvalue weighted by atomic mass is 10.0. The highest BCUT2D eigenvalue weighted by molar-refractivity contribution is 5.94. The largest absolute Gasteiger partial charge is 0.483 e. The van der Waals surface area contributed by atoms with Crippen molar-refractivity contribution in [3.63, 3.8) is 0 Å². The molecule has 0 aromatic heterocycles. The molecule has 0 saturated heterocycles. The minimum Gasteiger partial charge on any atom is -0.483 e. The molecule has 0 radical (unpaired) electrons. The zero-order chi connectivity index (χ0) is 21.5. The lowest BCUT2D eigenvalue weighted by molar-refractivity contribution is -0.302. The van der Waals surface area contributed by atoms with Crippen molar-refractivity contribution in [1.82, 2.24) is 5.01 Å². The van der Waals surface area contributed by atoms with Crippen LogP contribution in [-0.4, -0.2) is 46.4 Å². The van der Waals surface area contributed by atoms with Gasteiger partial charge in [-0.25, -0.2) is 0 Å². The summed E-state index contributed by atoms with van der Waals surface area (Å²) in [4.78, 5) is 12.2. The number of carbonyl (C=O) groups excluding carboxylic acids is 1. The number of alkyl halides is 6. The van der Waals surface area contributed by atoms with Crippen LogP contribution in [0.1, 0.15) is 37.3 Å². The molecular weight excluding hydrogens is 394 g/mol. The van der Waals surface area contributed by atoms with E-state index in [1.165, 1.54) is 0 Å². The zero-order valence-electron chi connectivity index (χ0n) is 15.1. The van der Waals surface area contributed by atoms with Crippen LogP contribution in [0.15, 0.2) is 23.3 Å². The Morgan fingerprint density at radius 3 is 2.39 bits per heavy atom. The molecule has 156 valence electrons. The van der Waals surface area contributed by atoms with Crippen LogP contribution < -0.4 is 4.74 Å². The van der Waals surface area contributed by atoms with E-state index in [2.05, 4.69) is 5.10 Å². The maximum absolute atomic E-state index is 13.2. The maximum Gasteiger partial charge on any atom is 0.438 e. The molecule has 0 unspecified atom stereocenters. The van der Waals surface area contributed by atoms with Crippen LogP contribution in [-0.2, 0) is 4.79 Å². The van der Waals surface area contributed by atoms with Gasteiger partial charge in [0.15, 0.2) is 6.61 Å². The van der Waals surface area contributed by atoms with Crippen molar-refractivity contribution in [2.45, 2.75) is 51.2 Å². The van der Waals surface area contributed by atoms with E-state index < -0.39 is 47.7 Å². The average Bonchev–Trinajstić information content (AvgIpc) is 2.91. The van der Waals surface area contributed by atoms with Gasteiger partial charge in [0, 0.05) is 0 Å². The molecule has 1 aliphatic heterocycles. The van der Waals surface area contributed by atoms with Gasteiger partial charge in [-0.15, -0.1) is 0 Å². The van der Waals surface area contributed by atoms with Crippen molar-refractivity contribution in [1.29, 1.82) is 0 Å². The summed E-state index contributed by atoms with van der Waals surface area (Å²) in [7, 11) is 0. The van der Waals surface area contributed by atoms with Gasteiger partial charge in [0.2, 0.25) is 0 Å². The molecule has 0 aliphatic carbocycles. The van der Waals surface area contributed by atoms with Gasteiger partial charge in [-0.1, -0.05) is 26.0 Å². The summed E-state index contributed by atoms with van der Waals surface area (Å²) >= 11 is 0. The van der Waals surface area contributed by atoms with Crippen molar-refractivity contribution in [2.75, 3.05) is 6.61 Å². The third-order valence-electron chi connectivity index (χ3n) is 4.14. The number of rotatable bonds is 4. The van der Waals surface area contributed by atoms with E-state index in [1.54, 1.807) is 25.1 Å². The van der Waals surface area contributed by atoms with Gasteiger partial charge in [-0.3, -0.25) is 4.79 Å². The number of hydrazone groups is 1. The molecule has 1 atom stereocenters. The van der Waals surface area contributed by atoms with Gasteiger partial charge in [-0.05, 0) is 30.0 Å². The van der Waals surface area contributed by atoms with Crippen molar-refractivity contribution >= 4 is 11.6 Å². The molecule has 1 N–H and O–H groups in total. The van der Waals surface area contributed by atoms with E-state index in [0.29, 0.717) is 5.56 Å². The van der Waals surface area contributed by atoms with Crippen LogP contribution in [0, 0.1) is 6.92 Å². The number of halogens is 6. The Morgan fingerprint density at radius 1 is 1.29 bits per heavy atom. The van der Waals surface area contributed by atoms with Crippen molar-refractivity contribution in [3.8, 4) is 5.75 Å². The Balaban J connectivity index is 2.29. The number of carbonyl (C=O) groups is 1. The number of aliphatic hydroxyl groups is 1. The highest BCUT2D eigenvalue weighted by Gasteiger charge is 2.66. The fraction of sp³-hybridized carbons (Fsp3) is 0.529. The average molecular weight is 412 g/mol. The molecule has 11 heteroatoms. The number of ether oxygens (including phenoxy) is 1. The highest BCUT2D eigenvalue weighted by atomic mass is 19.4. The van der Waals surface area contributed by atoms with Gasteiger partial charge >= 0.3 is 12.4 Å². The van der Waals surface area contributed by atoms with Crippen LogP contribution in [0.5, 0.6) is 5.75 Å². The normalized spacial score (nSPS) is 20.5. The molecule has 28 heavy (non-hydrogen) atoms. The maximum atomic E-state index is 13.2. The van der Waals surface area contributed by atoms with E-state index in [0.717, 1.165) is 5.56 Å². The second-order valence-corrected chi connectivity index (χ2v) is 6.73. The first-order valence-corrected chi connectivity index (χ1v) is 8.17. The Kier molecular flexibility index (Phi) is 5.71. The lowest BCUT2D eigenvalue weighted by Crippen LogP contribution is -2.57. The Morgan fingerprint density at radius 2 is 1.89 bits per heavy atom. The monoisotopic (exact) mass is 412 g/mol. The van der Waals surface area contributed by atoms with Gasteiger partial charge in [0.25, 0.3) is 11.6 Å². The smallest absolute Gasteiger partial charge is 0.438 e. The predicted molar refractivity (Wildman–Crippen MR) is 86.7 cm³/mol. The molecule has 1 heterocycles. The molecule has 1 aliphatic rings. The minimum atomic E-state index is -5.55. The molecule has 0 bridgehead atoms. The van der Waals surface area contributed by atoms with Gasteiger partial charge in [-0.2, -0.15) is 36.5 Å². The van der Waals surface area contributed by atoms with E-state index in [9.17, 15) is 36.2 Å². The predicted octanol–water partition coefficient (Wildman–Crippen LogP) is 3.90. The Labute approximate surface area is 156 Å². The summed E-state index contributed by atoms with van der Waals surface area (Å²) in [5, 5.41) is 11.9. The summed E-state index contributed by atoms with van der Waals surface area (Å²) in [5.74, 6) is -1.40. The quantitative estimate of drug-likeness (QED) is 0.764. The number of benzene rings is 1. The van der Waals surface area contributed by atoms with Crippen LogP contribution >= 0.6 is 0 Å². The third kappa shape index (κ3) is 4.23. The van der Waals surface area contributed by atoms with E-state index in [4.69, 9.17) is 4.74 Å². The second kappa shape index (κ2) is 7.26. The first-order valence-electron chi connectivity index (χ1n) is 8.17. The van der Waals surface area contributed by atoms with Crippen LogP contribution in [0.4, 0.5) is 26.3 Å². The second-order valence-electron chi connectivity index (χ2n) is 6.73. The lowest BCUT2D eigenvalue weighted by Gasteiger charge is -2.32. The summed E-state index contributed by atoms with van der Waals surface area (Å²) in [5.41, 5.74) is -4.59. The number of nitrogens with zero attached hydrogens (tertiary/aromatic N) is 2. The summed E-state index contributed by atoms with van der Waals surface area (Å²) in [6.07, 6.45) is -12.7. The van der Waals surface area contributed by atoms with E-state index in [-0.39, 0.29) is 11.7 Å². The number of hydrogen-bond donors (Lipinski definition) is 1. The molecule has 0 saturated carbocycles. The molecule has 0 spiro atoms. The Bertz CT molecular complexity index is 788. The minimum absolute atomic E-state index is 0.0422. The highest BCUT2D eigenvalue weighted by Crippen LogP contribution is 2.43. The first kappa shape index (κ1) is 22.0. The molecule has 1 amide bonds. The standard InChI is InChI=1S/C17H18F6N2O3/c1-9(2)11-5-4-10(3)6-12(11)28-8-14(26)25-15(27,17(21,22)23)7-13(24-25)16(18,19)20/h4-6,9,27H,7-8H2,1-3H3/t15-/m1/s1. The SMILES string of the molecule is Cc1ccc(C(C)C)c(OCC(=O)N2N=C(C(F)(F)F)C[C@@]2(O)C(F)(F)F)c1. The molecule has 1 aromatic rings. The number of aryl methyl sites for hydroxylation is 1. The molecular formula is C17H18F6N2O3. The van der Waals surface area contributed by atoms with Gasteiger partial charge in [0.05, 0.1) is 6.42 Å². The number of amides is 1. The van der Waals surface area contributed by atoms with E-state index in [1.807, 2.05) is 13.8 Å². The molecule has 1 aromatic carbocycles. The van der Waals surface area contributed by atoms with E-state index >= 15 is 0 Å². The van der Waals surface area contributed by atoms with Gasteiger partial charge < -0.3 is 9.84 Å². The molecule has 0 fully saturated rings. The molecule has 5 nitrogen and oxygen atoms in total. The Hall–Kier alpha value is -2.30. The summed E-state index contributed by atoms with van der Waals surface area (Å²) < 4.78 is 83.2. The van der Waals surface area contributed by atoms with Crippen LogP contribution in [0.2, 0.25) is 0 Å².